The molecule has 0 aliphatic rings. The van der Waals surface area contributed by atoms with Gasteiger partial charge in [0.1, 0.15) is 11.8 Å². The van der Waals surface area contributed by atoms with Gasteiger partial charge in [0.2, 0.25) is 5.91 Å². The Bertz CT molecular complexity index is 805. The van der Waals surface area contributed by atoms with E-state index in [0.29, 0.717) is 31.7 Å². The summed E-state index contributed by atoms with van der Waals surface area (Å²) in [6.45, 7) is 8.66. The summed E-state index contributed by atoms with van der Waals surface area (Å²) >= 11 is 0. The summed E-state index contributed by atoms with van der Waals surface area (Å²) in [6, 6.07) is 15.4. The molecule has 0 bridgehead atoms. The number of rotatable bonds is 10. The third kappa shape index (κ3) is 6.63. The molecule has 1 atom stereocenters. The molecule has 0 aliphatic heterocycles. The molecule has 2 amide bonds. The van der Waals surface area contributed by atoms with Crippen molar-refractivity contribution < 1.29 is 14.3 Å². The first kappa shape index (κ1) is 22.5. The van der Waals surface area contributed by atoms with Crippen molar-refractivity contribution in [1.29, 1.82) is 0 Å². The highest BCUT2D eigenvalue weighted by molar-refractivity contribution is 5.88. The van der Waals surface area contributed by atoms with Gasteiger partial charge in [-0.1, -0.05) is 49.4 Å². The van der Waals surface area contributed by atoms with Crippen LogP contribution in [0.4, 0.5) is 0 Å². The van der Waals surface area contributed by atoms with Crippen LogP contribution in [0.5, 0.6) is 5.75 Å². The molecule has 0 aromatic heterocycles. The lowest BCUT2D eigenvalue weighted by atomic mass is 10.1. The number of amides is 2. The topological polar surface area (TPSA) is 58.6 Å². The fourth-order valence-corrected chi connectivity index (χ4v) is 3.27. The number of ether oxygens (including phenoxy) is 1. The second kappa shape index (κ2) is 11.2. The van der Waals surface area contributed by atoms with Crippen molar-refractivity contribution in [3.05, 3.63) is 65.2 Å². The van der Waals surface area contributed by atoms with Crippen molar-refractivity contribution in [2.75, 3.05) is 19.7 Å². The van der Waals surface area contributed by atoms with Crippen LogP contribution >= 0.6 is 0 Å². The number of carbonyl (C=O) groups is 2. The van der Waals surface area contributed by atoms with Crippen molar-refractivity contribution >= 4 is 11.8 Å². The normalized spacial score (nSPS) is 11.6. The van der Waals surface area contributed by atoms with E-state index in [-0.39, 0.29) is 18.4 Å². The maximum Gasteiger partial charge on any atom is 0.261 e. The lowest BCUT2D eigenvalue weighted by Crippen LogP contribution is -2.51. The lowest BCUT2D eigenvalue weighted by Gasteiger charge is -2.30. The molecule has 0 spiro atoms. The maximum atomic E-state index is 13.1. The summed E-state index contributed by atoms with van der Waals surface area (Å²) in [7, 11) is 0. The highest BCUT2D eigenvalue weighted by Crippen LogP contribution is 2.19. The third-order valence-corrected chi connectivity index (χ3v) is 4.92. The van der Waals surface area contributed by atoms with E-state index in [9.17, 15) is 9.59 Å². The van der Waals surface area contributed by atoms with E-state index in [4.69, 9.17) is 4.74 Å². The molecule has 0 fully saturated rings. The predicted molar refractivity (Wildman–Crippen MR) is 116 cm³/mol. The molecule has 2 rings (SSSR count). The van der Waals surface area contributed by atoms with E-state index in [1.54, 1.807) is 4.90 Å². The summed E-state index contributed by atoms with van der Waals surface area (Å²) in [4.78, 5) is 27.3. The van der Waals surface area contributed by atoms with Crippen molar-refractivity contribution in [2.45, 2.75) is 46.6 Å². The van der Waals surface area contributed by atoms with E-state index >= 15 is 0 Å². The first-order chi connectivity index (χ1) is 14.0. The highest BCUT2D eigenvalue weighted by atomic mass is 16.5. The van der Waals surface area contributed by atoms with E-state index in [1.165, 1.54) is 0 Å². The van der Waals surface area contributed by atoms with Crippen LogP contribution in [0.1, 0.15) is 37.0 Å². The van der Waals surface area contributed by atoms with Crippen LogP contribution in [-0.4, -0.2) is 42.5 Å². The van der Waals surface area contributed by atoms with Gasteiger partial charge in [0, 0.05) is 13.1 Å². The number of benzene rings is 2. The number of nitrogens with zero attached hydrogens (tertiary/aromatic N) is 1. The van der Waals surface area contributed by atoms with Gasteiger partial charge in [-0.15, -0.1) is 0 Å². The molecule has 156 valence electrons. The molecule has 0 unspecified atom stereocenters. The summed E-state index contributed by atoms with van der Waals surface area (Å²) in [5.41, 5.74) is 3.19. The van der Waals surface area contributed by atoms with Gasteiger partial charge in [-0.25, -0.2) is 0 Å². The first-order valence-corrected chi connectivity index (χ1v) is 10.3. The van der Waals surface area contributed by atoms with Crippen molar-refractivity contribution in [3.63, 3.8) is 0 Å². The monoisotopic (exact) mass is 396 g/mol. The highest BCUT2D eigenvalue weighted by Gasteiger charge is 2.28. The van der Waals surface area contributed by atoms with Gasteiger partial charge in [0.05, 0.1) is 0 Å². The van der Waals surface area contributed by atoms with E-state index in [2.05, 4.69) is 5.32 Å². The SMILES string of the molecule is CCNC(=O)[C@H](CC)N(CCc1ccccc1)C(=O)COc1cc(C)ccc1C. The van der Waals surface area contributed by atoms with Crippen LogP contribution in [0, 0.1) is 13.8 Å². The molecule has 0 aliphatic carbocycles. The molecule has 0 saturated heterocycles. The Labute approximate surface area is 174 Å². The van der Waals surface area contributed by atoms with Gasteiger partial charge in [0.15, 0.2) is 6.61 Å². The zero-order valence-electron chi connectivity index (χ0n) is 17.9. The second-order valence-corrected chi connectivity index (χ2v) is 7.20. The molecule has 0 heterocycles. The molecule has 2 aromatic carbocycles. The van der Waals surface area contributed by atoms with E-state index < -0.39 is 6.04 Å². The van der Waals surface area contributed by atoms with Gasteiger partial charge >= 0.3 is 0 Å². The van der Waals surface area contributed by atoms with Crippen molar-refractivity contribution in [1.82, 2.24) is 10.2 Å². The summed E-state index contributed by atoms with van der Waals surface area (Å²) in [6.07, 6.45) is 1.24. The minimum atomic E-state index is -0.506. The average molecular weight is 397 g/mol. The Morgan fingerprint density at radius 2 is 1.79 bits per heavy atom. The molecule has 0 radical (unpaired) electrons. The van der Waals surface area contributed by atoms with Crippen LogP contribution in [-0.2, 0) is 16.0 Å². The van der Waals surface area contributed by atoms with E-state index in [0.717, 1.165) is 16.7 Å². The van der Waals surface area contributed by atoms with Gasteiger partial charge in [-0.3, -0.25) is 9.59 Å². The number of hydrogen-bond donors (Lipinski definition) is 1. The quantitative estimate of drug-likeness (QED) is 0.667. The second-order valence-electron chi connectivity index (χ2n) is 7.20. The zero-order chi connectivity index (χ0) is 21.2. The van der Waals surface area contributed by atoms with Gasteiger partial charge in [0.25, 0.3) is 5.91 Å². The number of nitrogens with one attached hydrogen (secondary N) is 1. The van der Waals surface area contributed by atoms with Crippen LogP contribution < -0.4 is 10.1 Å². The Balaban J connectivity index is 2.14. The molecule has 1 N–H and O–H groups in total. The number of aryl methyl sites for hydroxylation is 2. The zero-order valence-corrected chi connectivity index (χ0v) is 17.9. The summed E-state index contributed by atoms with van der Waals surface area (Å²) in [5, 5.41) is 2.85. The van der Waals surface area contributed by atoms with Crippen LogP contribution in [0.25, 0.3) is 0 Å². The Hall–Kier alpha value is -2.82. The smallest absolute Gasteiger partial charge is 0.261 e. The lowest BCUT2D eigenvalue weighted by molar-refractivity contribution is -0.142. The molecular formula is C24H32N2O3. The first-order valence-electron chi connectivity index (χ1n) is 10.3. The summed E-state index contributed by atoms with van der Waals surface area (Å²) < 4.78 is 5.82. The Morgan fingerprint density at radius 1 is 1.07 bits per heavy atom. The largest absolute Gasteiger partial charge is 0.483 e. The van der Waals surface area contributed by atoms with E-state index in [1.807, 2.05) is 76.2 Å². The number of carbonyl (C=O) groups excluding carboxylic acids is 2. The maximum absolute atomic E-state index is 13.1. The Morgan fingerprint density at radius 3 is 2.45 bits per heavy atom. The molecule has 29 heavy (non-hydrogen) atoms. The van der Waals surface area contributed by atoms with Crippen LogP contribution in [0.15, 0.2) is 48.5 Å². The minimum Gasteiger partial charge on any atom is -0.483 e. The third-order valence-electron chi connectivity index (χ3n) is 4.92. The molecule has 2 aromatic rings. The molecule has 0 saturated carbocycles. The molecule has 5 nitrogen and oxygen atoms in total. The van der Waals surface area contributed by atoms with Crippen LogP contribution in [0.2, 0.25) is 0 Å². The predicted octanol–water partition coefficient (Wildman–Crippen LogP) is 3.67. The van der Waals surface area contributed by atoms with Gasteiger partial charge < -0.3 is 15.0 Å². The fraction of sp³-hybridized carbons (Fsp3) is 0.417. The molecular weight excluding hydrogens is 364 g/mol. The Kier molecular flexibility index (Phi) is 8.71. The van der Waals surface area contributed by atoms with Crippen LogP contribution in [0.3, 0.4) is 0 Å². The van der Waals surface area contributed by atoms with Gasteiger partial charge in [-0.2, -0.15) is 0 Å². The van der Waals surface area contributed by atoms with Crippen molar-refractivity contribution in [3.8, 4) is 5.75 Å². The van der Waals surface area contributed by atoms with Crippen molar-refractivity contribution in [2.24, 2.45) is 0 Å². The molecule has 5 heteroatoms. The fourth-order valence-electron chi connectivity index (χ4n) is 3.27. The van der Waals surface area contributed by atoms with Gasteiger partial charge in [-0.05, 0) is 56.4 Å². The minimum absolute atomic E-state index is 0.0883. The standard InChI is InChI=1S/C24H32N2O3/c1-5-21(24(28)25-6-2)26(15-14-20-10-8-7-9-11-20)23(27)17-29-22-16-18(3)12-13-19(22)4/h7-13,16,21H,5-6,14-15,17H2,1-4H3,(H,25,28)/t21-/m0/s1. The number of likely N-dealkylation sites (N-methyl/N-ethyl adjacent to an activating group) is 1. The summed E-state index contributed by atoms with van der Waals surface area (Å²) in [5.74, 6) is 0.399. The average Bonchev–Trinajstić information content (AvgIpc) is 2.72. The number of hydrogen-bond acceptors (Lipinski definition) is 3.